The zero-order valence-corrected chi connectivity index (χ0v) is 6.80. The van der Waals surface area contributed by atoms with Crippen molar-refractivity contribution in [1.29, 1.82) is 0 Å². The van der Waals surface area contributed by atoms with Gasteiger partial charge in [0.05, 0.1) is 0 Å². The molecule has 0 amide bonds. The molecular formula is C9H7N2O2. The van der Waals surface area contributed by atoms with Crippen LogP contribution in [0, 0.1) is 0 Å². The fraction of sp³-hybridized carbons (Fsp3) is 0.111. The van der Waals surface area contributed by atoms with E-state index >= 15 is 0 Å². The van der Waals surface area contributed by atoms with E-state index < -0.39 is 6.61 Å². The van der Waals surface area contributed by atoms with Crippen LogP contribution in [-0.2, 0) is 11.7 Å². The molecule has 0 aliphatic heterocycles. The van der Waals surface area contributed by atoms with E-state index in [4.69, 9.17) is 4.52 Å². The first kappa shape index (κ1) is 7.94. The Balaban J connectivity index is 2.36. The average Bonchev–Trinajstić information content (AvgIpc) is 2.67. The Morgan fingerprint density at radius 1 is 1.23 bits per heavy atom. The highest BCUT2D eigenvalue weighted by atomic mass is 16.5. The smallest absolute Gasteiger partial charge is 0.258 e. The molecule has 0 N–H and O–H groups in total. The van der Waals surface area contributed by atoms with E-state index in [1.807, 2.05) is 30.3 Å². The molecule has 0 saturated carbocycles. The third-order valence-electron chi connectivity index (χ3n) is 1.62. The van der Waals surface area contributed by atoms with E-state index in [-0.39, 0.29) is 5.82 Å². The first-order valence-electron chi connectivity index (χ1n) is 3.86. The van der Waals surface area contributed by atoms with Gasteiger partial charge in [-0.25, -0.2) is 5.11 Å². The van der Waals surface area contributed by atoms with Gasteiger partial charge in [-0.05, 0) is 12.1 Å². The van der Waals surface area contributed by atoms with Crippen LogP contribution in [0.25, 0.3) is 11.5 Å². The maximum Gasteiger partial charge on any atom is 0.258 e. The highest BCUT2D eigenvalue weighted by molar-refractivity contribution is 5.51. The predicted molar refractivity (Wildman–Crippen MR) is 44.1 cm³/mol. The van der Waals surface area contributed by atoms with Crippen molar-refractivity contribution in [1.82, 2.24) is 10.1 Å². The third kappa shape index (κ3) is 1.57. The minimum absolute atomic E-state index is 0.193. The highest BCUT2D eigenvalue weighted by Crippen LogP contribution is 2.15. The summed E-state index contributed by atoms with van der Waals surface area (Å²) in [6.45, 7) is -0.448. The molecular weight excluding hydrogens is 168 g/mol. The second-order valence-corrected chi connectivity index (χ2v) is 2.53. The SMILES string of the molecule is [O]Cc1noc(-c2ccccc2)n1. The maximum atomic E-state index is 10.4. The van der Waals surface area contributed by atoms with Crippen molar-refractivity contribution >= 4 is 0 Å². The van der Waals surface area contributed by atoms with Crippen molar-refractivity contribution in [2.45, 2.75) is 6.61 Å². The van der Waals surface area contributed by atoms with Crippen molar-refractivity contribution in [3.63, 3.8) is 0 Å². The van der Waals surface area contributed by atoms with Crippen LogP contribution in [0.4, 0.5) is 0 Å². The Kier molecular flexibility index (Phi) is 2.06. The molecule has 65 valence electrons. The van der Waals surface area contributed by atoms with E-state index in [1.54, 1.807) is 0 Å². The van der Waals surface area contributed by atoms with Gasteiger partial charge in [0, 0.05) is 5.56 Å². The van der Waals surface area contributed by atoms with Gasteiger partial charge in [0.2, 0.25) is 5.82 Å². The summed E-state index contributed by atoms with van der Waals surface area (Å²) < 4.78 is 4.88. The summed E-state index contributed by atoms with van der Waals surface area (Å²) in [5, 5.41) is 13.9. The number of rotatable bonds is 2. The second kappa shape index (κ2) is 3.37. The standard InChI is InChI=1S/C9H7N2O2/c12-6-8-10-9(13-11-8)7-4-2-1-3-5-7/h1-5H,6H2. The molecule has 0 aliphatic rings. The van der Waals surface area contributed by atoms with Gasteiger partial charge >= 0.3 is 0 Å². The lowest BCUT2D eigenvalue weighted by atomic mass is 10.2. The van der Waals surface area contributed by atoms with Crippen LogP contribution in [0.3, 0.4) is 0 Å². The Labute approximate surface area is 74.8 Å². The molecule has 4 heteroatoms. The van der Waals surface area contributed by atoms with Crippen LogP contribution >= 0.6 is 0 Å². The molecule has 4 nitrogen and oxygen atoms in total. The normalized spacial score (nSPS) is 10.2. The van der Waals surface area contributed by atoms with E-state index in [0.717, 1.165) is 5.56 Å². The summed E-state index contributed by atoms with van der Waals surface area (Å²) in [6, 6.07) is 9.34. The molecule has 0 spiro atoms. The molecule has 0 unspecified atom stereocenters. The van der Waals surface area contributed by atoms with Crippen LogP contribution in [0.1, 0.15) is 5.82 Å². The van der Waals surface area contributed by atoms with Crippen LogP contribution in [-0.4, -0.2) is 10.1 Å². The summed E-state index contributed by atoms with van der Waals surface area (Å²) in [5.74, 6) is 0.588. The Morgan fingerprint density at radius 2 is 2.00 bits per heavy atom. The molecule has 0 aliphatic carbocycles. The fourth-order valence-corrected chi connectivity index (χ4v) is 1.01. The summed E-state index contributed by atoms with van der Waals surface area (Å²) >= 11 is 0. The molecule has 2 rings (SSSR count). The van der Waals surface area contributed by atoms with Crippen LogP contribution < -0.4 is 0 Å². The molecule has 1 aromatic heterocycles. The van der Waals surface area contributed by atoms with E-state index in [9.17, 15) is 5.11 Å². The number of benzene rings is 1. The van der Waals surface area contributed by atoms with Crippen LogP contribution in [0.15, 0.2) is 34.9 Å². The van der Waals surface area contributed by atoms with Crippen molar-refractivity contribution in [2.75, 3.05) is 0 Å². The van der Waals surface area contributed by atoms with E-state index in [0.29, 0.717) is 5.89 Å². The molecule has 1 radical (unpaired) electrons. The monoisotopic (exact) mass is 175 g/mol. The zero-order chi connectivity index (χ0) is 9.10. The Morgan fingerprint density at radius 3 is 2.62 bits per heavy atom. The van der Waals surface area contributed by atoms with Gasteiger partial charge in [-0.3, -0.25) is 0 Å². The number of hydrogen-bond acceptors (Lipinski definition) is 3. The quantitative estimate of drug-likeness (QED) is 0.697. The molecule has 0 bridgehead atoms. The number of aromatic nitrogens is 2. The first-order chi connectivity index (χ1) is 6.40. The lowest BCUT2D eigenvalue weighted by Crippen LogP contribution is -1.83. The van der Waals surface area contributed by atoms with Crippen LogP contribution in [0.2, 0.25) is 0 Å². The van der Waals surface area contributed by atoms with E-state index in [1.165, 1.54) is 0 Å². The number of nitrogens with zero attached hydrogens (tertiary/aromatic N) is 2. The third-order valence-corrected chi connectivity index (χ3v) is 1.62. The minimum atomic E-state index is -0.448. The average molecular weight is 175 g/mol. The molecule has 1 aromatic carbocycles. The van der Waals surface area contributed by atoms with Crippen LogP contribution in [0.5, 0.6) is 0 Å². The second-order valence-electron chi connectivity index (χ2n) is 2.53. The summed E-state index contributed by atoms with van der Waals surface area (Å²) in [5.41, 5.74) is 0.828. The molecule has 0 saturated heterocycles. The topological polar surface area (TPSA) is 58.8 Å². The van der Waals surface area contributed by atoms with Crippen molar-refractivity contribution in [2.24, 2.45) is 0 Å². The summed E-state index contributed by atoms with van der Waals surface area (Å²) in [4.78, 5) is 3.91. The van der Waals surface area contributed by atoms with Gasteiger partial charge in [-0.15, -0.1) is 0 Å². The van der Waals surface area contributed by atoms with Gasteiger partial charge in [-0.2, -0.15) is 4.98 Å². The molecule has 1 heterocycles. The van der Waals surface area contributed by atoms with Gasteiger partial charge in [0.25, 0.3) is 5.89 Å². The highest BCUT2D eigenvalue weighted by Gasteiger charge is 2.06. The summed E-state index contributed by atoms with van der Waals surface area (Å²) in [6.07, 6.45) is 0. The Bertz CT molecular complexity index is 384. The molecule has 0 atom stereocenters. The fourth-order valence-electron chi connectivity index (χ4n) is 1.01. The maximum absolute atomic E-state index is 10.4. The largest absolute Gasteiger partial charge is 0.334 e. The lowest BCUT2D eigenvalue weighted by molar-refractivity contribution is 0.166. The van der Waals surface area contributed by atoms with Crippen molar-refractivity contribution in [3.05, 3.63) is 36.2 Å². The predicted octanol–water partition coefficient (Wildman–Crippen LogP) is 1.67. The van der Waals surface area contributed by atoms with Crippen molar-refractivity contribution in [3.8, 4) is 11.5 Å². The van der Waals surface area contributed by atoms with Gasteiger partial charge in [-0.1, -0.05) is 23.4 Å². The van der Waals surface area contributed by atoms with Gasteiger partial charge < -0.3 is 4.52 Å². The molecule has 2 aromatic rings. The molecule has 0 fully saturated rings. The molecule has 13 heavy (non-hydrogen) atoms. The minimum Gasteiger partial charge on any atom is -0.334 e. The number of hydrogen-bond donors (Lipinski definition) is 0. The first-order valence-corrected chi connectivity index (χ1v) is 3.86. The van der Waals surface area contributed by atoms with Gasteiger partial charge in [0.1, 0.15) is 6.61 Å². The van der Waals surface area contributed by atoms with Crippen molar-refractivity contribution < 1.29 is 9.63 Å². The van der Waals surface area contributed by atoms with Gasteiger partial charge in [0.15, 0.2) is 0 Å². The summed E-state index contributed by atoms with van der Waals surface area (Å²) in [7, 11) is 0. The lowest BCUT2D eigenvalue weighted by Gasteiger charge is -1.89. The Hall–Kier alpha value is -1.68. The zero-order valence-electron chi connectivity index (χ0n) is 6.80. The van der Waals surface area contributed by atoms with E-state index in [2.05, 4.69) is 10.1 Å².